The van der Waals surface area contributed by atoms with Crippen LogP contribution in [0, 0.1) is 0 Å². The summed E-state index contributed by atoms with van der Waals surface area (Å²) in [5.74, 6) is 1.20. The van der Waals surface area contributed by atoms with Crippen molar-refractivity contribution in [3.63, 3.8) is 0 Å². The van der Waals surface area contributed by atoms with Crippen LogP contribution in [0.15, 0.2) is 32.1 Å². The molecule has 0 saturated carbocycles. The largest absolute Gasteiger partial charge is 0.460 e. The Morgan fingerprint density at radius 1 is 1.50 bits per heavy atom. The van der Waals surface area contributed by atoms with E-state index in [1.165, 1.54) is 6.07 Å². The minimum atomic E-state index is -0.169. The molecule has 5 heteroatoms. The second-order valence-electron chi connectivity index (χ2n) is 3.77. The lowest BCUT2D eigenvalue weighted by Gasteiger charge is -2.05. The average Bonchev–Trinajstić information content (AvgIpc) is 2.63. The van der Waals surface area contributed by atoms with Gasteiger partial charge in [0.05, 0.1) is 16.4 Å². The van der Waals surface area contributed by atoms with Gasteiger partial charge in [-0.1, -0.05) is 13.8 Å². The first kappa shape index (κ1) is 11.1. The highest BCUT2D eigenvalue weighted by molar-refractivity contribution is 9.10. The van der Waals surface area contributed by atoms with Crippen LogP contribution in [-0.2, 0) is 0 Å². The fourth-order valence-electron chi connectivity index (χ4n) is 1.34. The average molecular weight is 283 g/mol. The number of H-pyrrole nitrogens is 1. The van der Waals surface area contributed by atoms with E-state index in [2.05, 4.69) is 25.9 Å². The molecule has 0 saturated heterocycles. The number of rotatable bonds is 2. The van der Waals surface area contributed by atoms with Gasteiger partial charge in [0.2, 0.25) is 0 Å². The number of hydrogen-bond acceptors (Lipinski definition) is 3. The molecule has 0 radical (unpaired) electrons. The van der Waals surface area contributed by atoms with E-state index in [0.717, 1.165) is 10.2 Å². The zero-order chi connectivity index (χ0) is 11.7. The van der Waals surface area contributed by atoms with E-state index < -0.39 is 0 Å². The highest BCUT2D eigenvalue weighted by Gasteiger charge is 2.12. The van der Waals surface area contributed by atoms with Crippen LogP contribution in [0.5, 0.6) is 0 Å². The molecule has 0 aliphatic rings. The fraction of sp³-hybridized carbons (Fsp3) is 0.273. The molecular weight excluding hydrogens is 272 g/mol. The maximum absolute atomic E-state index is 11.5. The van der Waals surface area contributed by atoms with Gasteiger partial charge in [0.1, 0.15) is 0 Å². The van der Waals surface area contributed by atoms with Gasteiger partial charge in [0.25, 0.3) is 5.56 Å². The molecule has 0 spiro atoms. The lowest BCUT2D eigenvalue weighted by Crippen LogP contribution is -2.11. The van der Waals surface area contributed by atoms with E-state index >= 15 is 0 Å². The van der Waals surface area contributed by atoms with Crippen LogP contribution >= 0.6 is 15.9 Å². The Kier molecular flexibility index (Phi) is 2.96. The van der Waals surface area contributed by atoms with E-state index in [1.807, 2.05) is 13.8 Å². The number of aromatic nitrogens is 2. The summed E-state index contributed by atoms with van der Waals surface area (Å²) >= 11 is 3.33. The Bertz CT molecular complexity index is 557. The van der Waals surface area contributed by atoms with Crippen molar-refractivity contribution in [1.29, 1.82) is 0 Å². The number of furan rings is 1. The summed E-state index contributed by atoms with van der Waals surface area (Å²) in [7, 11) is 0. The molecule has 0 aromatic carbocycles. The van der Waals surface area contributed by atoms with Crippen LogP contribution in [0.1, 0.15) is 25.5 Å². The second kappa shape index (κ2) is 4.25. The van der Waals surface area contributed by atoms with Gasteiger partial charge in [0.15, 0.2) is 11.6 Å². The van der Waals surface area contributed by atoms with Gasteiger partial charge in [0, 0.05) is 6.07 Å². The summed E-state index contributed by atoms with van der Waals surface area (Å²) in [5, 5.41) is 0. The first-order valence-electron chi connectivity index (χ1n) is 4.92. The standard InChI is InChI=1S/C11H11BrN2O2/c1-6(2)8-5-9(15)14-11(13-8)10-7(12)3-4-16-10/h3-6H,1-2H3,(H,13,14,15). The molecule has 0 aliphatic heterocycles. The molecular formula is C11H11BrN2O2. The van der Waals surface area contributed by atoms with Gasteiger partial charge >= 0.3 is 0 Å². The molecule has 2 aromatic heterocycles. The molecule has 0 fully saturated rings. The van der Waals surface area contributed by atoms with Gasteiger partial charge in [-0.15, -0.1) is 0 Å². The quantitative estimate of drug-likeness (QED) is 0.921. The van der Waals surface area contributed by atoms with Crippen LogP contribution in [0.3, 0.4) is 0 Å². The van der Waals surface area contributed by atoms with Gasteiger partial charge in [-0.3, -0.25) is 4.79 Å². The van der Waals surface area contributed by atoms with Crippen LogP contribution in [-0.4, -0.2) is 9.97 Å². The second-order valence-corrected chi connectivity index (χ2v) is 4.63. The van der Waals surface area contributed by atoms with Crippen LogP contribution in [0.25, 0.3) is 11.6 Å². The first-order chi connectivity index (χ1) is 7.58. The van der Waals surface area contributed by atoms with Gasteiger partial charge < -0.3 is 9.40 Å². The molecule has 0 amide bonds. The minimum absolute atomic E-state index is 0.169. The molecule has 0 unspecified atom stereocenters. The predicted octanol–water partition coefficient (Wildman–Crippen LogP) is 2.92. The number of nitrogens with one attached hydrogen (secondary N) is 1. The van der Waals surface area contributed by atoms with Crippen LogP contribution < -0.4 is 5.56 Å². The Balaban J connectivity index is 2.58. The maximum Gasteiger partial charge on any atom is 0.251 e. The Hall–Kier alpha value is -1.36. The predicted molar refractivity (Wildman–Crippen MR) is 64.3 cm³/mol. The van der Waals surface area contributed by atoms with Crippen LogP contribution in [0.4, 0.5) is 0 Å². The third-order valence-electron chi connectivity index (χ3n) is 2.19. The first-order valence-corrected chi connectivity index (χ1v) is 5.72. The van der Waals surface area contributed by atoms with E-state index in [1.54, 1.807) is 12.3 Å². The number of aromatic amines is 1. The van der Waals surface area contributed by atoms with Crippen molar-refractivity contribution in [3.8, 4) is 11.6 Å². The van der Waals surface area contributed by atoms with Crippen molar-refractivity contribution in [1.82, 2.24) is 9.97 Å². The number of halogens is 1. The summed E-state index contributed by atoms with van der Waals surface area (Å²) in [6, 6.07) is 3.27. The molecule has 16 heavy (non-hydrogen) atoms. The molecule has 0 bridgehead atoms. The summed E-state index contributed by atoms with van der Waals surface area (Å²) in [4.78, 5) is 18.5. The zero-order valence-corrected chi connectivity index (χ0v) is 10.5. The summed E-state index contributed by atoms with van der Waals surface area (Å²) in [6.07, 6.45) is 1.54. The van der Waals surface area contributed by atoms with Gasteiger partial charge in [-0.05, 0) is 27.9 Å². The SMILES string of the molecule is CC(C)c1cc(=O)[nH]c(-c2occc2Br)n1. The third-order valence-corrected chi connectivity index (χ3v) is 2.81. The van der Waals surface area contributed by atoms with Crippen molar-refractivity contribution in [2.45, 2.75) is 19.8 Å². The molecule has 84 valence electrons. The topological polar surface area (TPSA) is 58.9 Å². The Morgan fingerprint density at radius 2 is 2.25 bits per heavy atom. The zero-order valence-electron chi connectivity index (χ0n) is 8.95. The lowest BCUT2D eigenvalue weighted by atomic mass is 10.1. The molecule has 2 rings (SSSR count). The van der Waals surface area contributed by atoms with Crippen molar-refractivity contribution in [2.24, 2.45) is 0 Å². The van der Waals surface area contributed by atoms with Crippen molar-refractivity contribution >= 4 is 15.9 Å². The van der Waals surface area contributed by atoms with Crippen LogP contribution in [0.2, 0.25) is 0 Å². The summed E-state index contributed by atoms with van der Waals surface area (Å²) in [5.41, 5.74) is 0.582. The molecule has 1 N–H and O–H groups in total. The number of hydrogen-bond donors (Lipinski definition) is 1. The monoisotopic (exact) mass is 282 g/mol. The third kappa shape index (κ3) is 2.09. The van der Waals surface area contributed by atoms with Crippen molar-refractivity contribution < 1.29 is 4.42 Å². The van der Waals surface area contributed by atoms with Gasteiger partial charge in [-0.2, -0.15) is 0 Å². The highest BCUT2D eigenvalue weighted by atomic mass is 79.9. The van der Waals surface area contributed by atoms with E-state index in [9.17, 15) is 4.79 Å². The Labute approximate surface area is 101 Å². The smallest absolute Gasteiger partial charge is 0.251 e. The molecule has 2 aromatic rings. The maximum atomic E-state index is 11.5. The highest BCUT2D eigenvalue weighted by Crippen LogP contribution is 2.26. The molecule has 0 aliphatic carbocycles. The van der Waals surface area contributed by atoms with Crippen molar-refractivity contribution in [3.05, 3.63) is 38.9 Å². The van der Waals surface area contributed by atoms with E-state index in [0.29, 0.717) is 11.6 Å². The number of nitrogens with zero attached hydrogens (tertiary/aromatic N) is 1. The lowest BCUT2D eigenvalue weighted by molar-refractivity contribution is 0.574. The van der Waals surface area contributed by atoms with E-state index in [-0.39, 0.29) is 11.5 Å². The Morgan fingerprint density at radius 3 is 2.81 bits per heavy atom. The minimum Gasteiger partial charge on any atom is -0.460 e. The summed E-state index contributed by atoms with van der Waals surface area (Å²) in [6.45, 7) is 3.98. The van der Waals surface area contributed by atoms with E-state index in [4.69, 9.17) is 4.42 Å². The van der Waals surface area contributed by atoms with Crippen molar-refractivity contribution in [2.75, 3.05) is 0 Å². The van der Waals surface area contributed by atoms with Gasteiger partial charge in [-0.25, -0.2) is 4.98 Å². The molecule has 4 nitrogen and oxygen atoms in total. The molecule has 0 atom stereocenters. The molecule has 2 heterocycles. The fourth-order valence-corrected chi connectivity index (χ4v) is 1.73. The normalized spacial score (nSPS) is 11.0. The summed E-state index contributed by atoms with van der Waals surface area (Å²) < 4.78 is 6.04.